The Morgan fingerprint density at radius 2 is 1.77 bits per heavy atom. The fourth-order valence-corrected chi connectivity index (χ4v) is 3.56. The largest absolute Gasteiger partial charge is 0.416 e. The maximum absolute atomic E-state index is 13.2. The molecule has 1 aliphatic heterocycles. The highest BCUT2D eigenvalue weighted by atomic mass is 19.4. The summed E-state index contributed by atoms with van der Waals surface area (Å²) in [5.74, 6) is 0. The molecule has 26 heavy (non-hydrogen) atoms. The van der Waals surface area contributed by atoms with E-state index in [0.29, 0.717) is 5.56 Å². The normalized spacial score (nSPS) is 17.7. The van der Waals surface area contributed by atoms with Crippen LogP contribution < -0.4 is 5.32 Å². The predicted molar refractivity (Wildman–Crippen MR) is 98.2 cm³/mol. The van der Waals surface area contributed by atoms with Gasteiger partial charge in [0.15, 0.2) is 0 Å². The first kappa shape index (κ1) is 18.9. The summed E-state index contributed by atoms with van der Waals surface area (Å²) in [5, 5.41) is 3.37. The molecule has 0 aliphatic carbocycles. The number of halogens is 3. The Kier molecular flexibility index (Phi) is 5.99. The van der Waals surface area contributed by atoms with E-state index in [2.05, 4.69) is 41.4 Å². The molecule has 5 heteroatoms. The molecule has 2 nitrogen and oxygen atoms in total. The van der Waals surface area contributed by atoms with Crippen LogP contribution >= 0.6 is 0 Å². The standard InChI is InChI=1S/C21H25F3N2/c1-2-16-7-9-17(10-8-16)20(26-13-4-11-25-12-14-26)18-5-3-6-19(15-18)21(22,23)24/h3,5-10,15,20,25H,2,4,11-14H2,1H3. The number of rotatable bonds is 4. The molecule has 2 aromatic carbocycles. The Morgan fingerprint density at radius 3 is 2.46 bits per heavy atom. The van der Waals surface area contributed by atoms with Crippen LogP contribution in [0, 0.1) is 0 Å². The third-order valence-electron chi connectivity index (χ3n) is 4.97. The van der Waals surface area contributed by atoms with E-state index in [1.54, 1.807) is 0 Å². The molecule has 2 aromatic rings. The van der Waals surface area contributed by atoms with E-state index in [1.165, 1.54) is 17.7 Å². The molecule has 0 radical (unpaired) electrons. The van der Waals surface area contributed by atoms with Gasteiger partial charge in [-0.1, -0.05) is 43.3 Å². The molecule has 0 aromatic heterocycles. The first-order valence-corrected chi connectivity index (χ1v) is 9.20. The molecule has 0 spiro atoms. The lowest BCUT2D eigenvalue weighted by atomic mass is 9.94. The minimum atomic E-state index is -4.33. The number of aryl methyl sites for hydroxylation is 1. The van der Waals surface area contributed by atoms with E-state index < -0.39 is 11.7 Å². The smallest absolute Gasteiger partial charge is 0.315 e. The zero-order valence-electron chi connectivity index (χ0n) is 15.0. The molecule has 1 N–H and O–H groups in total. The third kappa shape index (κ3) is 4.46. The lowest BCUT2D eigenvalue weighted by Crippen LogP contribution is -2.33. The lowest BCUT2D eigenvalue weighted by Gasteiger charge is -2.32. The van der Waals surface area contributed by atoms with Gasteiger partial charge in [0.1, 0.15) is 0 Å². The Balaban J connectivity index is 2.01. The van der Waals surface area contributed by atoms with Gasteiger partial charge in [-0.2, -0.15) is 13.2 Å². The zero-order valence-corrected chi connectivity index (χ0v) is 15.0. The van der Waals surface area contributed by atoms with Crippen molar-refractivity contribution in [2.24, 2.45) is 0 Å². The Morgan fingerprint density at radius 1 is 1.00 bits per heavy atom. The topological polar surface area (TPSA) is 15.3 Å². The van der Waals surface area contributed by atoms with Crippen LogP contribution in [-0.4, -0.2) is 31.1 Å². The predicted octanol–water partition coefficient (Wildman–Crippen LogP) is 4.65. The molecule has 3 rings (SSSR count). The molecule has 1 heterocycles. The first-order chi connectivity index (χ1) is 12.5. The van der Waals surface area contributed by atoms with E-state index in [1.807, 2.05) is 6.07 Å². The van der Waals surface area contributed by atoms with Crippen molar-refractivity contribution >= 4 is 0 Å². The van der Waals surface area contributed by atoms with Crippen molar-refractivity contribution in [1.29, 1.82) is 0 Å². The molecule has 0 saturated carbocycles. The van der Waals surface area contributed by atoms with Crippen molar-refractivity contribution < 1.29 is 13.2 Å². The Hall–Kier alpha value is -1.85. The maximum atomic E-state index is 13.2. The Bertz CT molecular complexity index is 702. The van der Waals surface area contributed by atoms with E-state index >= 15 is 0 Å². The average molecular weight is 362 g/mol. The number of nitrogens with zero attached hydrogens (tertiary/aromatic N) is 1. The van der Waals surface area contributed by atoms with Crippen LogP contribution in [0.2, 0.25) is 0 Å². The second-order valence-electron chi connectivity index (χ2n) is 6.76. The summed E-state index contributed by atoms with van der Waals surface area (Å²) < 4.78 is 39.6. The van der Waals surface area contributed by atoms with Gasteiger partial charge in [0.05, 0.1) is 11.6 Å². The van der Waals surface area contributed by atoms with Gasteiger partial charge in [-0.05, 0) is 48.2 Å². The van der Waals surface area contributed by atoms with Gasteiger partial charge in [-0.15, -0.1) is 0 Å². The SMILES string of the molecule is CCc1ccc(C(c2cccc(C(F)(F)F)c2)N2CCCNCC2)cc1. The number of alkyl halides is 3. The summed E-state index contributed by atoms with van der Waals surface area (Å²) in [6.45, 7) is 5.57. The summed E-state index contributed by atoms with van der Waals surface area (Å²) in [6.07, 6.45) is -2.39. The summed E-state index contributed by atoms with van der Waals surface area (Å²) in [7, 11) is 0. The molecule has 1 atom stereocenters. The van der Waals surface area contributed by atoms with E-state index in [4.69, 9.17) is 0 Å². The molecule has 0 bridgehead atoms. The van der Waals surface area contributed by atoms with Crippen molar-refractivity contribution in [3.05, 3.63) is 70.8 Å². The highest BCUT2D eigenvalue weighted by molar-refractivity contribution is 5.36. The third-order valence-corrected chi connectivity index (χ3v) is 4.97. The number of benzene rings is 2. The summed E-state index contributed by atoms with van der Waals surface area (Å²) in [4.78, 5) is 2.29. The molecule has 1 unspecified atom stereocenters. The second-order valence-corrected chi connectivity index (χ2v) is 6.76. The molecule has 1 fully saturated rings. The fourth-order valence-electron chi connectivity index (χ4n) is 3.56. The molecule has 140 valence electrons. The summed E-state index contributed by atoms with van der Waals surface area (Å²) in [6, 6.07) is 13.9. The van der Waals surface area contributed by atoms with Gasteiger partial charge >= 0.3 is 6.18 Å². The molecular formula is C21H25F3N2. The molecule has 1 saturated heterocycles. The van der Waals surface area contributed by atoms with Crippen molar-refractivity contribution in [3.63, 3.8) is 0 Å². The van der Waals surface area contributed by atoms with Crippen LogP contribution in [0.3, 0.4) is 0 Å². The summed E-state index contributed by atoms with van der Waals surface area (Å²) in [5.41, 5.74) is 2.39. The monoisotopic (exact) mass is 362 g/mol. The Labute approximate surface area is 153 Å². The van der Waals surface area contributed by atoms with Crippen LogP contribution in [0.1, 0.15) is 41.6 Å². The minimum Gasteiger partial charge on any atom is -0.315 e. The summed E-state index contributed by atoms with van der Waals surface area (Å²) >= 11 is 0. The lowest BCUT2D eigenvalue weighted by molar-refractivity contribution is -0.137. The zero-order chi connectivity index (χ0) is 18.6. The quantitative estimate of drug-likeness (QED) is 0.852. The number of hydrogen-bond donors (Lipinski definition) is 1. The van der Waals surface area contributed by atoms with Crippen LogP contribution in [0.5, 0.6) is 0 Å². The maximum Gasteiger partial charge on any atom is 0.416 e. The average Bonchev–Trinajstić information content (AvgIpc) is 2.91. The number of hydrogen-bond acceptors (Lipinski definition) is 2. The van der Waals surface area contributed by atoms with Gasteiger partial charge in [0, 0.05) is 19.6 Å². The van der Waals surface area contributed by atoms with Crippen LogP contribution in [0.15, 0.2) is 48.5 Å². The van der Waals surface area contributed by atoms with Gasteiger partial charge in [-0.25, -0.2) is 0 Å². The fraction of sp³-hybridized carbons (Fsp3) is 0.429. The van der Waals surface area contributed by atoms with Crippen LogP contribution in [0.4, 0.5) is 13.2 Å². The van der Waals surface area contributed by atoms with Gasteiger partial charge in [-0.3, -0.25) is 4.90 Å². The minimum absolute atomic E-state index is 0.164. The number of nitrogens with one attached hydrogen (secondary N) is 1. The van der Waals surface area contributed by atoms with Crippen LogP contribution in [0.25, 0.3) is 0 Å². The van der Waals surface area contributed by atoms with E-state index in [-0.39, 0.29) is 6.04 Å². The van der Waals surface area contributed by atoms with E-state index in [0.717, 1.165) is 50.7 Å². The molecule has 0 amide bonds. The van der Waals surface area contributed by atoms with Crippen molar-refractivity contribution in [3.8, 4) is 0 Å². The second kappa shape index (κ2) is 8.23. The van der Waals surface area contributed by atoms with Gasteiger partial charge < -0.3 is 5.32 Å². The highest BCUT2D eigenvalue weighted by Gasteiger charge is 2.32. The van der Waals surface area contributed by atoms with Crippen molar-refractivity contribution in [2.75, 3.05) is 26.2 Å². The molecular weight excluding hydrogens is 337 g/mol. The highest BCUT2D eigenvalue weighted by Crippen LogP contribution is 2.34. The molecule has 1 aliphatic rings. The van der Waals surface area contributed by atoms with Gasteiger partial charge in [0.25, 0.3) is 0 Å². The first-order valence-electron chi connectivity index (χ1n) is 9.20. The van der Waals surface area contributed by atoms with Crippen molar-refractivity contribution in [1.82, 2.24) is 10.2 Å². The van der Waals surface area contributed by atoms with Gasteiger partial charge in [0.2, 0.25) is 0 Å². The van der Waals surface area contributed by atoms with Crippen LogP contribution in [-0.2, 0) is 12.6 Å². The van der Waals surface area contributed by atoms with Crippen molar-refractivity contribution in [2.45, 2.75) is 32.0 Å². The van der Waals surface area contributed by atoms with E-state index in [9.17, 15) is 13.2 Å².